The Kier molecular flexibility index (Phi) is 4.15. The van der Waals surface area contributed by atoms with Gasteiger partial charge in [-0.05, 0) is 57.6 Å². The van der Waals surface area contributed by atoms with E-state index in [1.165, 1.54) is 22.4 Å². The van der Waals surface area contributed by atoms with Gasteiger partial charge >= 0.3 is 0 Å². The Morgan fingerprint density at radius 2 is 1.33 bits per heavy atom. The second-order valence-corrected chi connectivity index (χ2v) is 7.52. The second kappa shape index (κ2) is 4.95. The minimum atomic E-state index is 0.114. The van der Waals surface area contributed by atoms with E-state index >= 15 is 0 Å². The van der Waals surface area contributed by atoms with E-state index in [4.69, 9.17) is 0 Å². The molecular formula is C17H29N. The molecule has 0 spiro atoms. The van der Waals surface area contributed by atoms with E-state index in [0.29, 0.717) is 5.41 Å². The molecule has 102 valence electrons. The molecule has 1 N–H and O–H groups in total. The summed E-state index contributed by atoms with van der Waals surface area (Å²) in [6.45, 7) is 18.0. The maximum Gasteiger partial charge on any atom is 0.0403 e. The lowest BCUT2D eigenvalue weighted by Gasteiger charge is -2.35. The summed E-state index contributed by atoms with van der Waals surface area (Å²) in [4.78, 5) is 0. The lowest BCUT2D eigenvalue weighted by molar-refractivity contribution is 0.302. The van der Waals surface area contributed by atoms with E-state index in [2.05, 4.69) is 72.8 Å². The highest BCUT2D eigenvalue weighted by molar-refractivity contribution is 5.59. The number of benzene rings is 1. The lowest BCUT2D eigenvalue weighted by Crippen LogP contribution is -2.36. The number of hydrogen-bond donors (Lipinski definition) is 1. The molecule has 1 nitrogen and oxygen atoms in total. The Balaban J connectivity index is 2.97. The van der Waals surface area contributed by atoms with Crippen LogP contribution in [0.2, 0.25) is 0 Å². The van der Waals surface area contributed by atoms with Gasteiger partial charge in [0.1, 0.15) is 0 Å². The third-order valence-electron chi connectivity index (χ3n) is 3.11. The Bertz CT molecular complexity index is 399. The van der Waals surface area contributed by atoms with Crippen molar-refractivity contribution in [1.82, 2.24) is 0 Å². The molecule has 1 aromatic rings. The SMILES string of the molecule is Cc1cc(C)c(NC(C)(C)CC(C)(C)C)c(C)c1. The Hall–Kier alpha value is -0.980. The molecule has 0 saturated heterocycles. The molecule has 0 heterocycles. The summed E-state index contributed by atoms with van der Waals surface area (Å²) in [6.07, 6.45) is 1.15. The van der Waals surface area contributed by atoms with Crippen molar-refractivity contribution < 1.29 is 0 Å². The van der Waals surface area contributed by atoms with Gasteiger partial charge in [-0.2, -0.15) is 0 Å². The van der Waals surface area contributed by atoms with Crippen molar-refractivity contribution in [2.75, 3.05) is 5.32 Å². The predicted octanol–water partition coefficient (Wildman–Crippen LogP) is 5.24. The molecule has 0 fully saturated rings. The van der Waals surface area contributed by atoms with E-state index in [-0.39, 0.29) is 5.54 Å². The third kappa shape index (κ3) is 4.36. The molecule has 0 atom stereocenters. The lowest BCUT2D eigenvalue weighted by atomic mass is 9.81. The van der Waals surface area contributed by atoms with Crippen LogP contribution in [0.5, 0.6) is 0 Å². The normalized spacial score (nSPS) is 12.7. The molecule has 0 aromatic heterocycles. The molecular weight excluding hydrogens is 218 g/mol. The zero-order valence-corrected chi connectivity index (χ0v) is 13.4. The molecule has 0 aliphatic rings. The first-order valence-corrected chi connectivity index (χ1v) is 6.86. The fourth-order valence-electron chi connectivity index (χ4n) is 3.09. The van der Waals surface area contributed by atoms with Crippen LogP contribution >= 0.6 is 0 Å². The summed E-state index contributed by atoms with van der Waals surface area (Å²) in [6, 6.07) is 4.50. The van der Waals surface area contributed by atoms with Crippen LogP contribution in [-0.2, 0) is 0 Å². The fraction of sp³-hybridized carbons (Fsp3) is 0.647. The van der Waals surface area contributed by atoms with Crippen molar-refractivity contribution in [1.29, 1.82) is 0 Å². The van der Waals surface area contributed by atoms with Crippen LogP contribution in [0.1, 0.15) is 57.7 Å². The standard InChI is InChI=1S/C17H29N/c1-12-9-13(2)15(14(3)10-12)18-17(7,8)11-16(4,5)6/h9-10,18H,11H2,1-8H3. The molecule has 0 aliphatic carbocycles. The molecule has 0 aliphatic heterocycles. The van der Waals surface area contributed by atoms with Gasteiger partial charge in [0, 0.05) is 11.2 Å². The van der Waals surface area contributed by atoms with Crippen LogP contribution in [0.15, 0.2) is 12.1 Å². The average molecular weight is 247 g/mol. The number of hydrogen-bond acceptors (Lipinski definition) is 1. The molecule has 0 saturated carbocycles. The van der Waals surface area contributed by atoms with Gasteiger partial charge in [0.15, 0.2) is 0 Å². The summed E-state index contributed by atoms with van der Waals surface area (Å²) < 4.78 is 0. The van der Waals surface area contributed by atoms with Crippen molar-refractivity contribution in [3.63, 3.8) is 0 Å². The van der Waals surface area contributed by atoms with Crippen LogP contribution in [-0.4, -0.2) is 5.54 Å². The largest absolute Gasteiger partial charge is 0.380 e. The van der Waals surface area contributed by atoms with Crippen LogP contribution in [0, 0.1) is 26.2 Å². The van der Waals surface area contributed by atoms with E-state index in [1.807, 2.05) is 0 Å². The fourth-order valence-corrected chi connectivity index (χ4v) is 3.09. The van der Waals surface area contributed by atoms with Gasteiger partial charge in [0.25, 0.3) is 0 Å². The van der Waals surface area contributed by atoms with Crippen molar-refractivity contribution in [2.45, 2.75) is 67.3 Å². The summed E-state index contributed by atoms with van der Waals surface area (Å²) in [5.74, 6) is 0. The van der Waals surface area contributed by atoms with Gasteiger partial charge in [-0.1, -0.05) is 38.5 Å². The minimum absolute atomic E-state index is 0.114. The molecule has 0 bridgehead atoms. The van der Waals surface area contributed by atoms with Crippen molar-refractivity contribution in [2.24, 2.45) is 5.41 Å². The van der Waals surface area contributed by atoms with Gasteiger partial charge in [0.05, 0.1) is 0 Å². The Labute approximate surface area is 113 Å². The summed E-state index contributed by atoms with van der Waals surface area (Å²) in [7, 11) is 0. The first kappa shape index (κ1) is 15.1. The Morgan fingerprint density at radius 3 is 1.72 bits per heavy atom. The molecule has 1 heteroatoms. The third-order valence-corrected chi connectivity index (χ3v) is 3.11. The highest BCUT2D eigenvalue weighted by atomic mass is 15.0. The van der Waals surface area contributed by atoms with E-state index in [0.717, 1.165) is 6.42 Å². The molecule has 0 unspecified atom stereocenters. The van der Waals surface area contributed by atoms with Crippen LogP contribution in [0.3, 0.4) is 0 Å². The molecule has 18 heavy (non-hydrogen) atoms. The minimum Gasteiger partial charge on any atom is -0.380 e. The van der Waals surface area contributed by atoms with Crippen molar-refractivity contribution in [3.8, 4) is 0 Å². The molecule has 1 rings (SSSR count). The number of rotatable bonds is 3. The second-order valence-electron chi connectivity index (χ2n) is 7.52. The highest BCUT2D eigenvalue weighted by Crippen LogP contribution is 2.32. The first-order chi connectivity index (χ1) is 8.00. The number of aryl methyl sites for hydroxylation is 3. The molecule has 0 amide bonds. The smallest absolute Gasteiger partial charge is 0.0403 e. The van der Waals surface area contributed by atoms with E-state index in [1.54, 1.807) is 0 Å². The maximum atomic E-state index is 3.74. The zero-order valence-electron chi connectivity index (χ0n) is 13.4. The maximum absolute atomic E-state index is 3.74. The van der Waals surface area contributed by atoms with Gasteiger partial charge < -0.3 is 5.32 Å². The van der Waals surface area contributed by atoms with Crippen molar-refractivity contribution in [3.05, 3.63) is 28.8 Å². The summed E-state index contributed by atoms with van der Waals surface area (Å²) >= 11 is 0. The van der Waals surface area contributed by atoms with Crippen LogP contribution in [0.4, 0.5) is 5.69 Å². The first-order valence-electron chi connectivity index (χ1n) is 6.86. The monoisotopic (exact) mass is 247 g/mol. The number of nitrogens with one attached hydrogen (secondary N) is 1. The van der Waals surface area contributed by atoms with Crippen molar-refractivity contribution >= 4 is 5.69 Å². The zero-order chi connectivity index (χ0) is 14.1. The Morgan fingerprint density at radius 1 is 0.889 bits per heavy atom. The molecule has 0 radical (unpaired) electrons. The number of anilines is 1. The van der Waals surface area contributed by atoms with Crippen LogP contribution in [0.25, 0.3) is 0 Å². The van der Waals surface area contributed by atoms with Gasteiger partial charge in [-0.25, -0.2) is 0 Å². The average Bonchev–Trinajstić information content (AvgIpc) is 2.07. The topological polar surface area (TPSA) is 12.0 Å². The van der Waals surface area contributed by atoms with Gasteiger partial charge in [0.2, 0.25) is 0 Å². The van der Waals surface area contributed by atoms with E-state index < -0.39 is 0 Å². The van der Waals surface area contributed by atoms with Gasteiger partial charge in [-0.3, -0.25) is 0 Å². The predicted molar refractivity (Wildman–Crippen MR) is 82.4 cm³/mol. The summed E-state index contributed by atoms with van der Waals surface area (Å²) in [5.41, 5.74) is 5.77. The van der Waals surface area contributed by atoms with Gasteiger partial charge in [-0.15, -0.1) is 0 Å². The summed E-state index contributed by atoms with van der Waals surface area (Å²) in [5, 5.41) is 3.74. The highest BCUT2D eigenvalue weighted by Gasteiger charge is 2.26. The quantitative estimate of drug-likeness (QED) is 0.770. The molecule has 1 aromatic carbocycles. The van der Waals surface area contributed by atoms with E-state index in [9.17, 15) is 0 Å². The van der Waals surface area contributed by atoms with Crippen LogP contribution < -0.4 is 5.32 Å².